The van der Waals surface area contributed by atoms with E-state index in [0.717, 1.165) is 5.75 Å². The van der Waals surface area contributed by atoms with Crippen LogP contribution in [0.5, 0.6) is 0 Å². The zero-order chi connectivity index (χ0) is 15.1. The van der Waals surface area contributed by atoms with Crippen molar-refractivity contribution in [2.45, 2.75) is 12.7 Å². The smallest absolute Gasteiger partial charge is 0.321 e. The average Bonchev–Trinajstić information content (AvgIpc) is 2.41. The second-order valence-electron chi connectivity index (χ2n) is 4.68. The Morgan fingerprint density at radius 3 is 2.45 bits per heavy atom. The van der Waals surface area contributed by atoms with E-state index in [1.165, 1.54) is 10.5 Å². The van der Waals surface area contributed by atoms with Crippen LogP contribution in [0.4, 0.5) is 10.5 Å². The minimum Gasteiger partial charge on any atom is -0.481 e. The van der Waals surface area contributed by atoms with Crippen molar-refractivity contribution in [2.24, 2.45) is 5.92 Å². The van der Waals surface area contributed by atoms with Gasteiger partial charge in [-0.15, -0.1) is 0 Å². The fourth-order valence-electron chi connectivity index (χ4n) is 1.64. The van der Waals surface area contributed by atoms with E-state index >= 15 is 0 Å². The molecule has 6 heteroatoms. The number of thioether (sulfide) groups is 1. The van der Waals surface area contributed by atoms with E-state index in [-0.39, 0.29) is 12.6 Å². The molecule has 2 amide bonds. The van der Waals surface area contributed by atoms with Gasteiger partial charge in [-0.05, 0) is 24.0 Å². The Balaban J connectivity index is 2.54. The summed E-state index contributed by atoms with van der Waals surface area (Å²) in [5.74, 6) is -0.565. The summed E-state index contributed by atoms with van der Waals surface area (Å²) in [5.41, 5.74) is 1.90. The molecule has 2 N–H and O–H groups in total. The van der Waals surface area contributed by atoms with E-state index in [0.29, 0.717) is 5.69 Å². The van der Waals surface area contributed by atoms with E-state index in [2.05, 4.69) is 5.32 Å². The predicted octanol–water partition coefficient (Wildman–Crippen LogP) is 2.73. The standard InChI is InChI=1S/C14H20N2O3S/c1-10(13(17)18)8-16(2)14(19)15-12-6-4-11(5-7-12)9-20-3/h4-7,10H,8-9H2,1-3H3,(H,15,19)(H,17,18). The van der Waals surface area contributed by atoms with E-state index in [4.69, 9.17) is 5.11 Å². The largest absolute Gasteiger partial charge is 0.481 e. The summed E-state index contributed by atoms with van der Waals surface area (Å²) in [6.07, 6.45) is 2.04. The lowest BCUT2D eigenvalue weighted by molar-refractivity contribution is -0.141. The first-order chi connectivity index (χ1) is 9.43. The number of carboxylic acid groups (broad SMARTS) is 1. The van der Waals surface area contributed by atoms with Gasteiger partial charge in [0.25, 0.3) is 0 Å². The Morgan fingerprint density at radius 1 is 1.35 bits per heavy atom. The summed E-state index contributed by atoms with van der Waals surface area (Å²) < 4.78 is 0. The lowest BCUT2D eigenvalue weighted by Gasteiger charge is -2.20. The lowest BCUT2D eigenvalue weighted by Crippen LogP contribution is -2.36. The van der Waals surface area contributed by atoms with E-state index < -0.39 is 11.9 Å². The second kappa shape index (κ2) is 7.79. The van der Waals surface area contributed by atoms with E-state index in [1.54, 1.807) is 25.7 Å². The molecule has 1 aromatic carbocycles. The molecular formula is C14H20N2O3S. The van der Waals surface area contributed by atoms with Crippen LogP contribution in [0.2, 0.25) is 0 Å². The van der Waals surface area contributed by atoms with Gasteiger partial charge in [-0.1, -0.05) is 19.1 Å². The number of carbonyl (C=O) groups excluding carboxylic acids is 1. The quantitative estimate of drug-likeness (QED) is 0.847. The molecule has 0 bridgehead atoms. The molecule has 0 aliphatic heterocycles. The summed E-state index contributed by atoms with van der Waals surface area (Å²) >= 11 is 1.74. The number of rotatable bonds is 6. The number of amides is 2. The van der Waals surface area contributed by atoms with Crippen LogP contribution in [0.1, 0.15) is 12.5 Å². The van der Waals surface area contributed by atoms with Gasteiger partial charge in [-0.25, -0.2) is 4.79 Å². The minimum absolute atomic E-state index is 0.172. The third kappa shape index (κ3) is 5.13. The number of hydrogen-bond donors (Lipinski definition) is 2. The Kier molecular flexibility index (Phi) is 6.38. The van der Waals surface area contributed by atoms with Gasteiger partial charge < -0.3 is 15.3 Å². The van der Waals surface area contributed by atoms with E-state index in [9.17, 15) is 9.59 Å². The highest BCUT2D eigenvalue weighted by Crippen LogP contribution is 2.14. The molecule has 0 fully saturated rings. The fourth-order valence-corrected chi connectivity index (χ4v) is 2.17. The van der Waals surface area contributed by atoms with Gasteiger partial charge in [0.2, 0.25) is 0 Å². The van der Waals surface area contributed by atoms with Crippen LogP contribution in [0, 0.1) is 5.92 Å². The summed E-state index contributed by atoms with van der Waals surface area (Å²) in [7, 11) is 1.58. The van der Waals surface area contributed by atoms with Crippen molar-refractivity contribution in [3.05, 3.63) is 29.8 Å². The molecule has 1 aromatic rings. The molecule has 20 heavy (non-hydrogen) atoms. The van der Waals surface area contributed by atoms with Crippen molar-refractivity contribution in [2.75, 3.05) is 25.2 Å². The van der Waals surface area contributed by atoms with Crippen molar-refractivity contribution in [3.8, 4) is 0 Å². The van der Waals surface area contributed by atoms with Crippen LogP contribution < -0.4 is 5.32 Å². The maximum absolute atomic E-state index is 11.9. The number of urea groups is 1. The van der Waals surface area contributed by atoms with Crippen molar-refractivity contribution in [3.63, 3.8) is 0 Å². The number of aliphatic carboxylic acids is 1. The van der Waals surface area contributed by atoms with Gasteiger partial charge >= 0.3 is 12.0 Å². The Labute approximate surface area is 123 Å². The summed E-state index contributed by atoms with van der Waals surface area (Å²) in [6.45, 7) is 1.75. The zero-order valence-electron chi connectivity index (χ0n) is 11.9. The Hall–Kier alpha value is -1.69. The first-order valence-electron chi connectivity index (χ1n) is 6.27. The number of benzene rings is 1. The number of hydrogen-bond acceptors (Lipinski definition) is 3. The van der Waals surface area contributed by atoms with Crippen LogP contribution in [0.3, 0.4) is 0 Å². The summed E-state index contributed by atoms with van der Waals surface area (Å²) in [5, 5.41) is 11.6. The van der Waals surface area contributed by atoms with Crippen molar-refractivity contribution < 1.29 is 14.7 Å². The van der Waals surface area contributed by atoms with Crippen LogP contribution in [-0.2, 0) is 10.5 Å². The molecule has 0 aromatic heterocycles. The number of nitrogens with zero attached hydrogens (tertiary/aromatic N) is 1. The summed E-state index contributed by atoms with van der Waals surface area (Å²) in [4.78, 5) is 24.0. The third-order valence-corrected chi connectivity index (χ3v) is 3.45. The van der Waals surface area contributed by atoms with Crippen molar-refractivity contribution in [1.29, 1.82) is 0 Å². The first-order valence-corrected chi connectivity index (χ1v) is 7.66. The topological polar surface area (TPSA) is 69.6 Å². The molecule has 0 heterocycles. The predicted molar refractivity (Wildman–Crippen MR) is 82.1 cm³/mol. The van der Waals surface area contributed by atoms with Crippen molar-refractivity contribution in [1.82, 2.24) is 4.90 Å². The van der Waals surface area contributed by atoms with Crippen LogP contribution >= 0.6 is 11.8 Å². The van der Waals surface area contributed by atoms with Crippen LogP contribution in [-0.4, -0.2) is 41.9 Å². The Bertz CT molecular complexity index is 462. The minimum atomic E-state index is -0.911. The maximum atomic E-state index is 11.9. The average molecular weight is 296 g/mol. The van der Waals surface area contributed by atoms with Gasteiger partial charge in [0.15, 0.2) is 0 Å². The fraction of sp³-hybridized carbons (Fsp3) is 0.429. The van der Waals surface area contributed by atoms with Gasteiger partial charge in [-0.3, -0.25) is 4.79 Å². The molecule has 0 spiro atoms. The second-order valence-corrected chi connectivity index (χ2v) is 5.55. The monoisotopic (exact) mass is 296 g/mol. The highest BCUT2D eigenvalue weighted by Gasteiger charge is 2.17. The number of nitrogens with one attached hydrogen (secondary N) is 1. The van der Waals surface area contributed by atoms with Gasteiger partial charge in [-0.2, -0.15) is 11.8 Å². The molecule has 0 aliphatic rings. The highest BCUT2D eigenvalue weighted by molar-refractivity contribution is 7.97. The first kappa shape index (κ1) is 16.4. The number of carboxylic acids is 1. The lowest BCUT2D eigenvalue weighted by atomic mass is 10.2. The zero-order valence-corrected chi connectivity index (χ0v) is 12.7. The molecule has 1 rings (SSSR count). The SMILES string of the molecule is CSCc1ccc(NC(=O)N(C)CC(C)C(=O)O)cc1. The van der Waals surface area contributed by atoms with Gasteiger partial charge in [0.05, 0.1) is 5.92 Å². The maximum Gasteiger partial charge on any atom is 0.321 e. The highest BCUT2D eigenvalue weighted by atomic mass is 32.2. The Morgan fingerprint density at radius 2 is 1.95 bits per heavy atom. The van der Waals surface area contributed by atoms with Crippen LogP contribution in [0.15, 0.2) is 24.3 Å². The van der Waals surface area contributed by atoms with Gasteiger partial charge in [0.1, 0.15) is 0 Å². The summed E-state index contributed by atoms with van der Waals surface area (Å²) in [6, 6.07) is 7.31. The van der Waals surface area contributed by atoms with Crippen LogP contribution in [0.25, 0.3) is 0 Å². The molecule has 1 unspecified atom stereocenters. The van der Waals surface area contributed by atoms with Crippen molar-refractivity contribution >= 4 is 29.4 Å². The van der Waals surface area contributed by atoms with Gasteiger partial charge in [0, 0.05) is 25.0 Å². The molecule has 5 nitrogen and oxygen atoms in total. The molecule has 0 radical (unpaired) electrons. The van der Waals surface area contributed by atoms with E-state index in [1.807, 2.05) is 30.5 Å². The molecule has 1 atom stereocenters. The normalized spacial score (nSPS) is 11.8. The number of anilines is 1. The number of carbonyl (C=O) groups is 2. The molecule has 110 valence electrons. The molecular weight excluding hydrogens is 276 g/mol. The third-order valence-electron chi connectivity index (χ3n) is 2.83. The molecule has 0 saturated carbocycles. The molecule has 0 aliphatic carbocycles. The molecule has 0 saturated heterocycles.